The van der Waals surface area contributed by atoms with Crippen molar-refractivity contribution in [2.45, 2.75) is 26.3 Å². The summed E-state index contributed by atoms with van der Waals surface area (Å²) in [6.45, 7) is 5.61. The van der Waals surface area contributed by atoms with Gasteiger partial charge in [-0.2, -0.15) is 5.10 Å². The van der Waals surface area contributed by atoms with Gasteiger partial charge in [-0.3, -0.25) is 10.1 Å². The first kappa shape index (κ1) is 20.4. The molecule has 0 spiro atoms. The molecule has 3 aromatic rings. The maximum absolute atomic E-state index is 5.30. The fourth-order valence-corrected chi connectivity index (χ4v) is 3.07. The fourth-order valence-electron chi connectivity index (χ4n) is 2.33. The lowest BCUT2D eigenvalue weighted by Gasteiger charge is -2.16. The van der Waals surface area contributed by atoms with Crippen LogP contribution in [0.15, 0.2) is 45.3 Å². The number of hydrogen-bond acceptors (Lipinski definition) is 5. The first-order chi connectivity index (χ1) is 12.3. The predicted octanol–water partition coefficient (Wildman–Crippen LogP) is 3.60. The van der Waals surface area contributed by atoms with E-state index in [4.69, 9.17) is 4.42 Å². The summed E-state index contributed by atoms with van der Waals surface area (Å²) in [5.74, 6) is 2.82. The van der Waals surface area contributed by atoms with Crippen molar-refractivity contribution in [2.24, 2.45) is 4.99 Å². The average molecular weight is 486 g/mol. The molecule has 3 aromatic heterocycles. The Balaban J connectivity index is 0.00000243. The molecule has 0 radical (unpaired) electrons. The predicted molar refractivity (Wildman–Crippen MR) is 115 cm³/mol. The van der Waals surface area contributed by atoms with E-state index in [0.717, 1.165) is 18.3 Å². The second-order valence-corrected chi connectivity index (χ2v) is 6.45. The van der Waals surface area contributed by atoms with Gasteiger partial charge in [-0.1, -0.05) is 6.07 Å². The number of aromatic nitrogens is 3. The van der Waals surface area contributed by atoms with E-state index in [9.17, 15) is 0 Å². The van der Waals surface area contributed by atoms with Crippen LogP contribution in [-0.2, 0) is 6.42 Å². The maximum atomic E-state index is 5.30. The van der Waals surface area contributed by atoms with Gasteiger partial charge in [0.05, 0.1) is 12.3 Å². The third kappa shape index (κ3) is 5.56. The summed E-state index contributed by atoms with van der Waals surface area (Å²) in [5, 5.41) is 15.9. The van der Waals surface area contributed by atoms with Gasteiger partial charge in [0.25, 0.3) is 0 Å². The molecule has 7 nitrogen and oxygen atoms in total. The van der Waals surface area contributed by atoms with Gasteiger partial charge >= 0.3 is 0 Å². The molecule has 1 atom stereocenters. The van der Waals surface area contributed by atoms with E-state index in [1.807, 2.05) is 12.1 Å². The molecule has 0 fully saturated rings. The van der Waals surface area contributed by atoms with Gasteiger partial charge in [0.2, 0.25) is 5.82 Å². The summed E-state index contributed by atoms with van der Waals surface area (Å²) < 4.78 is 5.30. The van der Waals surface area contributed by atoms with Gasteiger partial charge in [-0.25, -0.2) is 4.98 Å². The molecule has 0 amide bonds. The highest BCUT2D eigenvalue weighted by molar-refractivity contribution is 14.0. The number of H-pyrrole nitrogens is 1. The van der Waals surface area contributed by atoms with Crippen molar-refractivity contribution < 1.29 is 4.42 Å². The average Bonchev–Trinajstić information content (AvgIpc) is 3.35. The van der Waals surface area contributed by atoms with Gasteiger partial charge in [-0.15, -0.1) is 35.3 Å². The van der Waals surface area contributed by atoms with Crippen LogP contribution in [0.5, 0.6) is 0 Å². The fraction of sp³-hybridized carbons (Fsp3) is 0.353. The Kier molecular flexibility index (Phi) is 8.10. The van der Waals surface area contributed by atoms with Crippen molar-refractivity contribution >= 4 is 41.3 Å². The van der Waals surface area contributed by atoms with Crippen LogP contribution in [0.1, 0.15) is 30.6 Å². The number of nitrogens with zero attached hydrogens (tertiary/aromatic N) is 3. The molecule has 0 bridgehead atoms. The van der Waals surface area contributed by atoms with Crippen LogP contribution in [-0.4, -0.2) is 34.2 Å². The van der Waals surface area contributed by atoms with Crippen LogP contribution in [0.3, 0.4) is 0 Å². The third-order valence-electron chi connectivity index (χ3n) is 3.56. The number of hydrogen-bond donors (Lipinski definition) is 3. The molecule has 3 N–H and O–H groups in total. The second-order valence-electron chi connectivity index (χ2n) is 5.48. The van der Waals surface area contributed by atoms with Crippen molar-refractivity contribution in [2.75, 3.05) is 13.1 Å². The van der Waals surface area contributed by atoms with Crippen molar-refractivity contribution in [1.82, 2.24) is 25.8 Å². The smallest absolute Gasteiger partial charge is 0.216 e. The maximum Gasteiger partial charge on any atom is 0.216 e. The molecule has 0 aliphatic carbocycles. The molecule has 3 heterocycles. The Morgan fingerprint density at radius 1 is 1.38 bits per heavy atom. The van der Waals surface area contributed by atoms with Gasteiger partial charge in [0, 0.05) is 24.4 Å². The topological polar surface area (TPSA) is 91.1 Å². The third-order valence-corrected chi connectivity index (χ3v) is 4.61. The molecule has 140 valence electrons. The summed E-state index contributed by atoms with van der Waals surface area (Å²) in [6, 6.07) is 8.05. The number of halogens is 1. The van der Waals surface area contributed by atoms with Crippen molar-refractivity contribution in [1.29, 1.82) is 0 Å². The minimum Gasteiger partial charge on any atom is -0.461 e. The number of guanidine groups is 1. The van der Waals surface area contributed by atoms with Crippen LogP contribution in [0, 0.1) is 0 Å². The summed E-state index contributed by atoms with van der Waals surface area (Å²) in [7, 11) is 0. The van der Waals surface area contributed by atoms with Crippen LogP contribution < -0.4 is 10.6 Å². The summed E-state index contributed by atoms with van der Waals surface area (Å²) in [6.07, 6.45) is 2.29. The normalized spacial score (nSPS) is 12.5. The Bertz CT molecular complexity index is 784. The zero-order valence-electron chi connectivity index (χ0n) is 14.7. The molecule has 1 unspecified atom stereocenters. The first-order valence-electron chi connectivity index (χ1n) is 8.29. The lowest BCUT2D eigenvalue weighted by Crippen LogP contribution is -2.38. The van der Waals surface area contributed by atoms with E-state index in [-0.39, 0.29) is 30.0 Å². The monoisotopic (exact) mass is 486 g/mol. The quantitative estimate of drug-likeness (QED) is 0.270. The molecule has 3 rings (SSSR count). The van der Waals surface area contributed by atoms with Gasteiger partial charge in [-0.05, 0) is 37.4 Å². The molecule has 0 saturated heterocycles. The number of rotatable bonds is 7. The molecular formula is C17H23IN6OS. The molecule has 0 aromatic carbocycles. The number of thiophene rings is 1. The number of furan rings is 1. The summed E-state index contributed by atoms with van der Waals surface area (Å²) in [4.78, 5) is 10.3. The van der Waals surface area contributed by atoms with Crippen LogP contribution in [0.4, 0.5) is 0 Å². The Labute approximate surface area is 173 Å². The number of aromatic amines is 1. The zero-order valence-corrected chi connectivity index (χ0v) is 17.9. The molecule has 0 aliphatic rings. The molecule has 9 heteroatoms. The summed E-state index contributed by atoms with van der Waals surface area (Å²) in [5.41, 5.74) is 0. The van der Waals surface area contributed by atoms with E-state index in [1.165, 1.54) is 4.88 Å². The highest BCUT2D eigenvalue weighted by Crippen LogP contribution is 2.18. The van der Waals surface area contributed by atoms with E-state index >= 15 is 0 Å². The van der Waals surface area contributed by atoms with E-state index in [2.05, 4.69) is 62.2 Å². The Morgan fingerprint density at radius 2 is 2.27 bits per heavy atom. The molecule has 0 aliphatic heterocycles. The van der Waals surface area contributed by atoms with Gasteiger partial charge in [0.15, 0.2) is 11.7 Å². The van der Waals surface area contributed by atoms with Crippen LogP contribution in [0.2, 0.25) is 0 Å². The lowest BCUT2D eigenvalue weighted by atomic mass is 10.3. The van der Waals surface area contributed by atoms with Gasteiger partial charge < -0.3 is 15.1 Å². The van der Waals surface area contributed by atoms with Crippen molar-refractivity contribution in [3.8, 4) is 11.6 Å². The molecular weight excluding hydrogens is 463 g/mol. The minimum atomic E-state index is 0. The standard InChI is InChI=1S/C17H22N6OS.HI/c1-3-18-17(20-12(2)14-7-5-11-25-14)19-9-8-15-21-16(23-22-15)13-6-4-10-24-13;/h4-7,10-12H,3,8-9H2,1-2H3,(H2,18,19,20)(H,21,22,23);1H. The summed E-state index contributed by atoms with van der Waals surface area (Å²) >= 11 is 1.74. The number of nitrogens with one attached hydrogen (secondary N) is 3. The second kappa shape index (κ2) is 10.3. The molecule has 0 saturated carbocycles. The van der Waals surface area contributed by atoms with Crippen molar-refractivity contribution in [3.63, 3.8) is 0 Å². The number of aliphatic imine (C=N–C) groups is 1. The van der Waals surface area contributed by atoms with Crippen LogP contribution in [0.25, 0.3) is 11.6 Å². The van der Waals surface area contributed by atoms with Crippen molar-refractivity contribution in [3.05, 3.63) is 46.6 Å². The largest absolute Gasteiger partial charge is 0.461 e. The van der Waals surface area contributed by atoms with Gasteiger partial charge in [0.1, 0.15) is 5.82 Å². The highest BCUT2D eigenvalue weighted by Gasteiger charge is 2.10. The minimum absolute atomic E-state index is 0. The first-order valence-corrected chi connectivity index (χ1v) is 9.17. The van der Waals surface area contributed by atoms with Crippen LogP contribution >= 0.6 is 35.3 Å². The highest BCUT2D eigenvalue weighted by atomic mass is 127. The zero-order chi connectivity index (χ0) is 17.5. The van der Waals surface area contributed by atoms with E-state index in [1.54, 1.807) is 17.6 Å². The van der Waals surface area contributed by atoms with E-state index in [0.29, 0.717) is 24.6 Å². The Morgan fingerprint density at radius 3 is 2.96 bits per heavy atom. The lowest BCUT2D eigenvalue weighted by molar-refractivity contribution is 0.577. The molecule has 26 heavy (non-hydrogen) atoms. The Hall–Kier alpha value is -1.88. The SMILES string of the molecule is CCNC(=NCCc1nc(-c2ccco2)n[nH]1)NC(C)c1cccs1.I. The van der Waals surface area contributed by atoms with E-state index < -0.39 is 0 Å².